The van der Waals surface area contributed by atoms with E-state index in [-0.39, 0.29) is 11.6 Å². The van der Waals surface area contributed by atoms with Gasteiger partial charge >= 0.3 is 8.03 Å². The van der Waals surface area contributed by atoms with Crippen molar-refractivity contribution < 1.29 is 14.3 Å². The Morgan fingerprint density at radius 3 is 2.47 bits per heavy atom. The summed E-state index contributed by atoms with van der Waals surface area (Å²) in [5.74, 6) is -0.0481. The summed E-state index contributed by atoms with van der Waals surface area (Å²) in [6.07, 6.45) is 1.32. The second-order valence-corrected chi connectivity index (χ2v) is 5.98. The standard InChI is InChI=1S/C10H20NO3P/c1-5-6-11-9(12)10(3,4)7-8(2)15(13)14/h8H,5-7H2,1-4H3,(H-,11,12,13,14)/p+1. The highest BCUT2D eigenvalue weighted by Gasteiger charge is 2.36. The molecule has 0 radical (unpaired) electrons. The lowest BCUT2D eigenvalue weighted by Gasteiger charge is -2.22. The van der Waals surface area contributed by atoms with Crippen molar-refractivity contribution in [2.45, 2.75) is 46.2 Å². The van der Waals surface area contributed by atoms with E-state index in [0.29, 0.717) is 13.0 Å². The predicted octanol–water partition coefficient (Wildman–Crippen LogP) is 2.05. The van der Waals surface area contributed by atoms with Gasteiger partial charge < -0.3 is 5.32 Å². The molecular formula is C10H21NO3P+. The third-order valence-corrected chi connectivity index (χ3v) is 3.27. The summed E-state index contributed by atoms with van der Waals surface area (Å²) in [5, 5.41) is 2.80. The lowest BCUT2D eigenvalue weighted by atomic mass is 9.87. The first-order chi connectivity index (χ1) is 6.81. The van der Waals surface area contributed by atoms with Crippen LogP contribution >= 0.6 is 8.03 Å². The van der Waals surface area contributed by atoms with E-state index in [1.165, 1.54) is 0 Å². The van der Waals surface area contributed by atoms with Crippen LogP contribution in [0.25, 0.3) is 0 Å². The summed E-state index contributed by atoms with van der Waals surface area (Å²) in [5.41, 5.74) is -0.926. The van der Waals surface area contributed by atoms with Crippen molar-refractivity contribution in [2.24, 2.45) is 5.41 Å². The highest BCUT2D eigenvalue weighted by Crippen LogP contribution is 2.33. The maximum absolute atomic E-state index is 11.7. The van der Waals surface area contributed by atoms with Crippen molar-refractivity contribution in [2.75, 3.05) is 6.54 Å². The third kappa shape index (κ3) is 5.24. The number of hydrogen-bond acceptors (Lipinski definition) is 2. The van der Waals surface area contributed by atoms with Gasteiger partial charge in [0.25, 0.3) is 0 Å². The van der Waals surface area contributed by atoms with Gasteiger partial charge in [0.15, 0.2) is 5.66 Å². The van der Waals surface area contributed by atoms with Crippen LogP contribution in [0.3, 0.4) is 0 Å². The van der Waals surface area contributed by atoms with Crippen molar-refractivity contribution >= 4 is 13.9 Å². The first-order valence-electron chi connectivity index (χ1n) is 5.24. The molecule has 0 saturated carbocycles. The highest BCUT2D eigenvalue weighted by molar-refractivity contribution is 7.38. The summed E-state index contributed by atoms with van der Waals surface area (Å²) < 4.78 is 10.8. The Balaban J connectivity index is 4.27. The van der Waals surface area contributed by atoms with Gasteiger partial charge in [0.2, 0.25) is 5.91 Å². The number of carbonyl (C=O) groups is 1. The van der Waals surface area contributed by atoms with Crippen LogP contribution in [0.2, 0.25) is 0 Å². The zero-order valence-electron chi connectivity index (χ0n) is 9.91. The zero-order chi connectivity index (χ0) is 12.1. The number of nitrogens with one attached hydrogen (secondary N) is 1. The van der Waals surface area contributed by atoms with Gasteiger partial charge in [-0.25, -0.2) is 0 Å². The van der Waals surface area contributed by atoms with Crippen molar-refractivity contribution in [3.05, 3.63) is 0 Å². The molecule has 0 aromatic rings. The SMILES string of the molecule is CCCNC(=O)C(C)(C)CC(C)[P+](=O)O. The van der Waals surface area contributed by atoms with Gasteiger partial charge in [-0.05, 0) is 17.9 Å². The second-order valence-electron chi connectivity index (χ2n) is 4.50. The van der Waals surface area contributed by atoms with E-state index in [9.17, 15) is 9.36 Å². The smallest absolute Gasteiger partial charge is 0.356 e. The van der Waals surface area contributed by atoms with Crippen LogP contribution in [0.5, 0.6) is 0 Å². The van der Waals surface area contributed by atoms with E-state index in [0.717, 1.165) is 6.42 Å². The van der Waals surface area contributed by atoms with Crippen molar-refractivity contribution in [1.82, 2.24) is 5.32 Å². The lowest BCUT2D eigenvalue weighted by Crippen LogP contribution is -2.38. The lowest BCUT2D eigenvalue weighted by molar-refractivity contribution is -0.129. The van der Waals surface area contributed by atoms with Crippen molar-refractivity contribution in [1.29, 1.82) is 0 Å². The van der Waals surface area contributed by atoms with E-state index in [1.54, 1.807) is 20.8 Å². The fourth-order valence-corrected chi connectivity index (χ4v) is 2.00. The molecule has 5 heteroatoms. The summed E-state index contributed by atoms with van der Waals surface area (Å²) >= 11 is 0. The molecule has 2 N–H and O–H groups in total. The van der Waals surface area contributed by atoms with Crippen LogP contribution in [0, 0.1) is 5.41 Å². The topological polar surface area (TPSA) is 66.4 Å². The summed E-state index contributed by atoms with van der Waals surface area (Å²) in [6, 6.07) is 0. The largest absolute Gasteiger partial charge is 0.508 e. The number of amides is 1. The van der Waals surface area contributed by atoms with Gasteiger partial charge in [-0.15, -0.1) is 0 Å². The molecule has 0 aromatic carbocycles. The fourth-order valence-electron chi connectivity index (χ4n) is 1.39. The molecule has 15 heavy (non-hydrogen) atoms. The molecule has 0 heterocycles. The van der Waals surface area contributed by atoms with E-state index < -0.39 is 13.4 Å². The molecule has 4 nitrogen and oxygen atoms in total. The summed E-state index contributed by atoms with van der Waals surface area (Å²) in [6.45, 7) is 7.93. The van der Waals surface area contributed by atoms with Gasteiger partial charge in [0.05, 0.1) is 0 Å². The molecule has 0 spiro atoms. The Morgan fingerprint density at radius 2 is 2.07 bits per heavy atom. The maximum atomic E-state index is 11.7. The van der Waals surface area contributed by atoms with E-state index in [2.05, 4.69) is 5.32 Å². The van der Waals surface area contributed by atoms with Gasteiger partial charge in [0, 0.05) is 18.4 Å². The Kier molecular flexibility index (Phi) is 5.99. The summed E-state index contributed by atoms with van der Waals surface area (Å²) in [7, 11) is -2.19. The van der Waals surface area contributed by atoms with Crippen LogP contribution in [-0.4, -0.2) is 23.0 Å². The fraction of sp³-hybridized carbons (Fsp3) is 0.900. The van der Waals surface area contributed by atoms with E-state index in [4.69, 9.17) is 4.89 Å². The second kappa shape index (κ2) is 6.19. The Bertz CT molecular complexity index is 241. The monoisotopic (exact) mass is 234 g/mol. The predicted molar refractivity (Wildman–Crippen MR) is 61.0 cm³/mol. The third-order valence-electron chi connectivity index (χ3n) is 2.33. The maximum Gasteiger partial charge on any atom is 0.508 e. The summed E-state index contributed by atoms with van der Waals surface area (Å²) in [4.78, 5) is 20.6. The number of rotatable bonds is 6. The van der Waals surface area contributed by atoms with Gasteiger partial charge in [0.1, 0.15) is 0 Å². The molecule has 0 fully saturated rings. The molecule has 1 amide bonds. The highest BCUT2D eigenvalue weighted by atomic mass is 31.1. The van der Waals surface area contributed by atoms with Crippen LogP contribution in [-0.2, 0) is 9.36 Å². The molecule has 0 saturated heterocycles. The van der Waals surface area contributed by atoms with Gasteiger partial charge in [-0.3, -0.25) is 4.79 Å². The quantitative estimate of drug-likeness (QED) is 0.691. The first-order valence-corrected chi connectivity index (χ1v) is 6.53. The molecule has 2 atom stereocenters. The Morgan fingerprint density at radius 1 is 1.53 bits per heavy atom. The molecule has 0 aliphatic rings. The minimum Gasteiger partial charge on any atom is -0.356 e. The first kappa shape index (κ1) is 14.5. The van der Waals surface area contributed by atoms with Crippen LogP contribution < -0.4 is 5.32 Å². The number of carbonyl (C=O) groups excluding carboxylic acids is 1. The number of hydrogen-bond donors (Lipinski definition) is 2. The van der Waals surface area contributed by atoms with Gasteiger partial charge in [-0.2, -0.15) is 4.89 Å². The minimum atomic E-state index is -2.19. The van der Waals surface area contributed by atoms with Crippen LogP contribution in [0.15, 0.2) is 0 Å². The zero-order valence-corrected chi connectivity index (χ0v) is 10.8. The molecule has 0 bridgehead atoms. The average molecular weight is 234 g/mol. The molecule has 0 aliphatic carbocycles. The molecule has 2 unspecified atom stereocenters. The Labute approximate surface area is 92.3 Å². The van der Waals surface area contributed by atoms with E-state index >= 15 is 0 Å². The van der Waals surface area contributed by atoms with Crippen molar-refractivity contribution in [3.8, 4) is 0 Å². The molecular weight excluding hydrogens is 213 g/mol. The molecule has 0 aliphatic heterocycles. The minimum absolute atomic E-state index is 0.0481. The average Bonchev–Trinajstić information content (AvgIpc) is 2.13. The molecule has 0 rings (SSSR count). The van der Waals surface area contributed by atoms with E-state index in [1.807, 2.05) is 6.92 Å². The Hall–Kier alpha value is -0.470. The van der Waals surface area contributed by atoms with Crippen molar-refractivity contribution in [3.63, 3.8) is 0 Å². The van der Waals surface area contributed by atoms with Crippen LogP contribution in [0.1, 0.15) is 40.5 Å². The molecule has 0 aromatic heterocycles. The van der Waals surface area contributed by atoms with Gasteiger partial charge in [-0.1, -0.05) is 20.8 Å². The molecule has 88 valence electrons. The van der Waals surface area contributed by atoms with Crippen LogP contribution in [0.4, 0.5) is 0 Å². The normalized spacial score (nSPS) is 14.6.